The molecule has 1 heterocycles. The van der Waals surface area contributed by atoms with Gasteiger partial charge in [0, 0.05) is 6.26 Å². The lowest BCUT2D eigenvalue weighted by Gasteiger charge is -2.17. The first-order valence-electron chi connectivity index (χ1n) is 4.99. The summed E-state index contributed by atoms with van der Waals surface area (Å²) in [4.78, 5) is 0. The van der Waals surface area contributed by atoms with Crippen LogP contribution in [-0.2, 0) is 14.6 Å². The number of nitrogens with two attached hydrogens (primary N) is 1. The minimum absolute atomic E-state index is 0.0777. The molecule has 0 spiro atoms. The fraction of sp³-hybridized carbons (Fsp3) is 0.778. The second-order valence-electron chi connectivity index (χ2n) is 4.24. The molecule has 0 bridgehead atoms. The van der Waals surface area contributed by atoms with Crippen LogP contribution in [-0.4, -0.2) is 24.9 Å². The molecule has 0 saturated carbocycles. The Kier molecular flexibility index (Phi) is 3.39. The van der Waals surface area contributed by atoms with Gasteiger partial charge in [-0.2, -0.15) is 0 Å². The highest BCUT2D eigenvalue weighted by Crippen LogP contribution is 2.28. The molecule has 16 heavy (non-hydrogen) atoms. The summed E-state index contributed by atoms with van der Waals surface area (Å²) in [6.07, 6.45) is 1.79. The SMILES string of the molecule is CCC(N)c1nnc(C(C)(C)S(C)(=O)=O)o1. The summed E-state index contributed by atoms with van der Waals surface area (Å²) in [6.45, 7) is 4.93. The number of aromatic nitrogens is 2. The number of hydrogen-bond acceptors (Lipinski definition) is 6. The van der Waals surface area contributed by atoms with Gasteiger partial charge in [0.1, 0.15) is 4.75 Å². The van der Waals surface area contributed by atoms with Crippen molar-refractivity contribution >= 4 is 9.84 Å². The third kappa shape index (κ3) is 2.25. The summed E-state index contributed by atoms with van der Waals surface area (Å²) in [5, 5.41) is 7.51. The van der Waals surface area contributed by atoms with E-state index in [4.69, 9.17) is 10.2 Å². The lowest BCUT2D eigenvalue weighted by molar-refractivity contribution is 0.382. The van der Waals surface area contributed by atoms with Crippen LogP contribution in [0.5, 0.6) is 0 Å². The molecule has 0 aliphatic heterocycles. The van der Waals surface area contributed by atoms with Gasteiger partial charge in [-0.05, 0) is 20.3 Å². The van der Waals surface area contributed by atoms with Crippen molar-refractivity contribution in [3.05, 3.63) is 11.8 Å². The Bertz CT molecular complexity index is 464. The third-order valence-electron chi connectivity index (χ3n) is 2.64. The molecule has 92 valence electrons. The van der Waals surface area contributed by atoms with Crippen LogP contribution in [0.2, 0.25) is 0 Å². The number of rotatable bonds is 4. The first-order chi connectivity index (χ1) is 7.20. The molecule has 0 aromatic carbocycles. The van der Waals surface area contributed by atoms with Crippen molar-refractivity contribution in [2.45, 2.75) is 38.0 Å². The minimum Gasteiger partial charge on any atom is -0.422 e. The maximum atomic E-state index is 11.5. The van der Waals surface area contributed by atoms with Gasteiger partial charge in [0.05, 0.1) is 6.04 Å². The maximum Gasteiger partial charge on any atom is 0.237 e. The highest BCUT2D eigenvalue weighted by atomic mass is 32.2. The lowest BCUT2D eigenvalue weighted by Crippen LogP contribution is -2.28. The zero-order valence-electron chi connectivity index (χ0n) is 9.89. The molecule has 2 N–H and O–H groups in total. The van der Waals surface area contributed by atoms with Crippen LogP contribution in [0.3, 0.4) is 0 Å². The molecule has 1 aromatic rings. The molecule has 7 heteroatoms. The fourth-order valence-corrected chi connectivity index (χ4v) is 1.36. The molecule has 1 aromatic heterocycles. The quantitative estimate of drug-likeness (QED) is 0.843. The average Bonchev–Trinajstić information content (AvgIpc) is 2.64. The zero-order valence-corrected chi connectivity index (χ0v) is 10.7. The van der Waals surface area contributed by atoms with E-state index in [0.717, 1.165) is 6.26 Å². The maximum absolute atomic E-state index is 11.5. The molecular weight excluding hydrogens is 230 g/mol. The Morgan fingerprint density at radius 1 is 1.44 bits per heavy atom. The van der Waals surface area contributed by atoms with Crippen molar-refractivity contribution in [1.29, 1.82) is 0 Å². The minimum atomic E-state index is -3.31. The molecule has 6 nitrogen and oxygen atoms in total. The Labute approximate surface area is 95.2 Å². The van der Waals surface area contributed by atoms with Gasteiger partial charge in [0.15, 0.2) is 9.84 Å². The summed E-state index contributed by atoms with van der Waals surface area (Å²) >= 11 is 0. The van der Waals surface area contributed by atoms with Crippen molar-refractivity contribution in [3.8, 4) is 0 Å². The molecular formula is C9H17N3O3S. The fourth-order valence-electron chi connectivity index (χ4n) is 0.961. The molecule has 1 unspecified atom stereocenters. The highest BCUT2D eigenvalue weighted by molar-refractivity contribution is 7.91. The van der Waals surface area contributed by atoms with E-state index in [1.165, 1.54) is 13.8 Å². The van der Waals surface area contributed by atoms with E-state index in [1.54, 1.807) is 0 Å². The van der Waals surface area contributed by atoms with Gasteiger partial charge in [-0.3, -0.25) is 0 Å². The van der Waals surface area contributed by atoms with Crippen LogP contribution in [0, 0.1) is 0 Å². The van der Waals surface area contributed by atoms with Gasteiger partial charge >= 0.3 is 0 Å². The summed E-state index contributed by atoms with van der Waals surface area (Å²) in [5.74, 6) is 0.350. The summed E-state index contributed by atoms with van der Waals surface area (Å²) in [7, 11) is -3.31. The Morgan fingerprint density at radius 3 is 2.44 bits per heavy atom. The average molecular weight is 247 g/mol. The first-order valence-corrected chi connectivity index (χ1v) is 6.88. The van der Waals surface area contributed by atoms with Crippen LogP contribution < -0.4 is 5.73 Å². The summed E-state index contributed by atoms with van der Waals surface area (Å²) < 4.78 is 27.2. The Hall–Kier alpha value is -0.950. The van der Waals surface area contributed by atoms with Gasteiger partial charge in [-0.1, -0.05) is 6.92 Å². The van der Waals surface area contributed by atoms with Gasteiger partial charge < -0.3 is 10.2 Å². The van der Waals surface area contributed by atoms with E-state index in [0.29, 0.717) is 6.42 Å². The van der Waals surface area contributed by atoms with Gasteiger partial charge in [0.25, 0.3) is 0 Å². The normalized spacial score (nSPS) is 15.1. The van der Waals surface area contributed by atoms with Crippen molar-refractivity contribution in [2.75, 3.05) is 6.26 Å². The monoisotopic (exact) mass is 247 g/mol. The predicted octanol–water partition coefficient (Wildman–Crippen LogP) is 0.759. The van der Waals surface area contributed by atoms with Crippen molar-refractivity contribution in [3.63, 3.8) is 0 Å². The van der Waals surface area contributed by atoms with E-state index in [-0.39, 0.29) is 17.8 Å². The van der Waals surface area contributed by atoms with Gasteiger partial charge in [-0.25, -0.2) is 8.42 Å². The van der Waals surface area contributed by atoms with Crippen molar-refractivity contribution in [1.82, 2.24) is 10.2 Å². The van der Waals surface area contributed by atoms with Crippen LogP contribution in [0.25, 0.3) is 0 Å². The van der Waals surface area contributed by atoms with E-state index < -0.39 is 14.6 Å². The molecule has 0 aliphatic rings. The lowest BCUT2D eigenvalue weighted by atomic mass is 10.2. The third-order valence-corrected chi connectivity index (χ3v) is 4.67. The van der Waals surface area contributed by atoms with Crippen LogP contribution >= 0.6 is 0 Å². The summed E-state index contributed by atoms with van der Waals surface area (Å²) in [5.41, 5.74) is 5.71. The van der Waals surface area contributed by atoms with Crippen LogP contribution in [0.1, 0.15) is 45.0 Å². The molecule has 0 amide bonds. The number of hydrogen-bond donors (Lipinski definition) is 1. The van der Waals surface area contributed by atoms with Crippen molar-refractivity contribution in [2.24, 2.45) is 5.73 Å². The second kappa shape index (κ2) is 4.14. The second-order valence-corrected chi connectivity index (χ2v) is 6.81. The molecule has 0 fully saturated rings. The molecule has 0 aliphatic carbocycles. The van der Waals surface area contributed by atoms with Crippen LogP contribution in [0.15, 0.2) is 4.42 Å². The summed E-state index contributed by atoms with van der Waals surface area (Å²) in [6, 6.07) is -0.350. The zero-order chi connectivity index (χ0) is 12.6. The van der Waals surface area contributed by atoms with E-state index in [9.17, 15) is 8.42 Å². The molecule has 1 rings (SSSR count). The largest absolute Gasteiger partial charge is 0.422 e. The Morgan fingerprint density at radius 2 is 2.00 bits per heavy atom. The molecule has 0 radical (unpaired) electrons. The first kappa shape index (κ1) is 13.1. The smallest absolute Gasteiger partial charge is 0.237 e. The van der Waals surface area contributed by atoms with Crippen molar-refractivity contribution < 1.29 is 12.8 Å². The molecule has 0 saturated heterocycles. The number of nitrogens with zero attached hydrogens (tertiary/aromatic N) is 2. The van der Waals surface area contributed by atoms with E-state index in [1.807, 2.05) is 6.92 Å². The highest BCUT2D eigenvalue weighted by Gasteiger charge is 2.38. The van der Waals surface area contributed by atoms with E-state index >= 15 is 0 Å². The van der Waals surface area contributed by atoms with Gasteiger partial charge in [-0.15, -0.1) is 10.2 Å². The molecule has 1 atom stereocenters. The topological polar surface area (TPSA) is 99.1 Å². The standard InChI is InChI=1S/C9H17N3O3S/c1-5-6(10)7-11-12-8(15-7)9(2,3)16(4,13)14/h6H,5,10H2,1-4H3. The van der Waals surface area contributed by atoms with Gasteiger partial charge in [0.2, 0.25) is 11.8 Å². The Balaban J connectivity index is 3.12. The van der Waals surface area contributed by atoms with Crippen LogP contribution in [0.4, 0.5) is 0 Å². The predicted molar refractivity (Wildman–Crippen MR) is 59.4 cm³/mol. The van der Waals surface area contributed by atoms with E-state index in [2.05, 4.69) is 10.2 Å². The number of sulfone groups is 1.